The lowest BCUT2D eigenvalue weighted by molar-refractivity contribution is -0.424. The number of ether oxygens (including phenoxy) is 1. The quantitative estimate of drug-likeness (QED) is 0.325. The molecule has 0 fully saturated rings. The summed E-state index contributed by atoms with van der Waals surface area (Å²) in [6.07, 6.45) is 1.12. The van der Waals surface area contributed by atoms with E-state index in [1.54, 1.807) is 0 Å². The first-order valence-corrected chi connectivity index (χ1v) is 3.13. The molecule has 0 unspecified atom stereocenters. The fourth-order valence-electron chi connectivity index (χ4n) is 0.754. The van der Waals surface area contributed by atoms with Gasteiger partial charge in [-0.2, -0.15) is 0 Å². The summed E-state index contributed by atoms with van der Waals surface area (Å²) in [5.74, 6) is -0.646. The van der Waals surface area contributed by atoms with E-state index in [1.807, 2.05) is 0 Å². The highest BCUT2D eigenvalue weighted by molar-refractivity contribution is 6.41. The molecule has 0 saturated heterocycles. The number of hydrogen-bond donors (Lipinski definition) is 0. The minimum absolute atomic E-state index is 0.00389. The Labute approximate surface area is 67.7 Å². The molecule has 6 nitrogen and oxygen atoms in total. The van der Waals surface area contributed by atoms with Gasteiger partial charge >= 0.3 is 5.97 Å². The second kappa shape index (κ2) is 3.12. The summed E-state index contributed by atoms with van der Waals surface area (Å²) < 4.78 is 4.33. The Hall–Kier alpha value is -1.72. The third kappa shape index (κ3) is 1.47. The zero-order valence-corrected chi connectivity index (χ0v) is 6.31. The van der Waals surface area contributed by atoms with Gasteiger partial charge in [-0.15, -0.1) is 0 Å². The van der Waals surface area contributed by atoms with Gasteiger partial charge < -0.3 is 4.74 Å². The van der Waals surface area contributed by atoms with Crippen molar-refractivity contribution in [1.82, 2.24) is 0 Å². The number of nitrogens with zero attached hydrogens (tertiary/aromatic N) is 2. The zero-order chi connectivity index (χ0) is 9.14. The molecule has 0 atom stereocenters. The smallest absolute Gasteiger partial charge is 0.356 e. The molecule has 1 aliphatic rings. The first-order chi connectivity index (χ1) is 5.65. The van der Waals surface area contributed by atoms with Gasteiger partial charge in [-0.3, -0.25) is 15.1 Å². The molecule has 0 aromatic rings. The molecule has 1 heterocycles. The average Bonchev–Trinajstić information content (AvgIpc) is 2.51. The summed E-state index contributed by atoms with van der Waals surface area (Å²) in [6, 6.07) is 0. The fourth-order valence-corrected chi connectivity index (χ4v) is 0.754. The number of carbonyl (C=O) groups excluding carboxylic acids is 1. The molecule has 0 amide bonds. The lowest BCUT2D eigenvalue weighted by Gasteiger charge is -1.91. The molecular formula is C6H6N2O4. The van der Waals surface area contributed by atoms with Crippen molar-refractivity contribution in [2.45, 2.75) is 0 Å². The van der Waals surface area contributed by atoms with Crippen molar-refractivity contribution < 1.29 is 14.5 Å². The molecule has 0 N–H and O–H groups in total. The minimum Gasteiger partial charge on any atom is -0.464 e. The molecule has 0 aliphatic carbocycles. The Kier molecular flexibility index (Phi) is 2.18. The van der Waals surface area contributed by atoms with Crippen LogP contribution in [0.15, 0.2) is 16.8 Å². The number of hydrogen-bond acceptors (Lipinski definition) is 5. The highest BCUT2D eigenvalue weighted by Gasteiger charge is 2.22. The zero-order valence-electron chi connectivity index (χ0n) is 6.31. The van der Waals surface area contributed by atoms with E-state index in [0.717, 1.165) is 6.08 Å². The Morgan fingerprint density at radius 3 is 2.92 bits per heavy atom. The summed E-state index contributed by atoms with van der Waals surface area (Å²) in [4.78, 5) is 24.0. The molecule has 0 spiro atoms. The van der Waals surface area contributed by atoms with Gasteiger partial charge in [0.2, 0.25) is 0 Å². The number of carbonyl (C=O) groups is 1. The van der Waals surface area contributed by atoms with Crippen LogP contribution >= 0.6 is 0 Å². The van der Waals surface area contributed by atoms with Crippen LogP contribution in [-0.4, -0.2) is 30.3 Å². The van der Waals surface area contributed by atoms with Crippen LogP contribution in [0.2, 0.25) is 0 Å². The van der Waals surface area contributed by atoms with Crippen LogP contribution in [0.1, 0.15) is 0 Å². The SMILES string of the molecule is COC(=O)C1=NCC([N+](=O)[O-])=C1. The summed E-state index contributed by atoms with van der Waals surface area (Å²) in [5.41, 5.74) is -0.0837. The van der Waals surface area contributed by atoms with Crippen molar-refractivity contribution in [3.05, 3.63) is 21.9 Å². The number of methoxy groups -OCH3 is 1. The Morgan fingerprint density at radius 1 is 1.83 bits per heavy atom. The summed E-state index contributed by atoms with van der Waals surface area (Å²) >= 11 is 0. The Balaban J connectivity index is 2.74. The first kappa shape index (κ1) is 8.38. The second-order valence-corrected chi connectivity index (χ2v) is 2.09. The third-order valence-corrected chi connectivity index (χ3v) is 1.34. The van der Waals surface area contributed by atoms with Gasteiger partial charge in [-0.25, -0.2) is 4.79 Å². The number of esters is 1. The number of aliphatic imine (C=N–C) groups is 1. The highest BCUT2D eigenvalue weighted by atomic mass is 16.6. The van der Waals surface area contributed by atoms with E-state index in [1.165, 1.54) is 7.11 Å². The van der Waals surface area contributed by atoms with E-state index in [-0.39, 0.29) is 18.0 Å². The predicted octanol–water partition coefficient (Wildman–Crippen LogP) is -0.225. The normalized spacial score (nSPS) is 15.1. The highest BCUT2D eigenvalue weighted by Crippen LogP contribution is 2.06. The van der Waals surface area contributed by atoms with Crippen LogP contribution < -0.4 is 0 Å². The standard InChI is InChI=1S/C6H6N2O4/c1-12-6(9)5-2-4(3-7-5)8(10)11/h2H,3H2,1H3. The van der Waals surface area contributed by atoms with E-state index in [0.29, 0.717) is 0 Å². The van der Waals surface area contributed by atoms with Crippen LogP contribution in [-0.2, 0) is 9.53 Å². The van der Waals surface area contributed by atoms with Gasteiger partial charge in [-0.1, -0.05) is 0 Å². The van der Waals surface area contributed by atoms with E-state index in [4.69, 9.17) is 0 Å². The average molecular weight is 170 g/mol. The monoisotopic (exact) mass is 170 g/mol. The molecule has 6 heteroatoms. The number of rotatable bonds is 2. The molecule has 1 rings (SSSR count). The van der Waals surface area contributed by atoms with E-state index >= 15 is 0 Å². The molecule has 0 aromatic heterocycles. The summed E-state index contributed by atoms with van der Waals surface area (Å²) in [5, 5.41) is 10.2. The van der Waals surface area contributed by atoms with Gasteiger partial charge in [0, 0.05) is 6.08 Å². The molecule has 12 heavy (non-hydrogen) atoms. The largest absolute Gasteiger partial charge is 0.464 e. The topological polar surface area (TPSA) is 81.8 Å². The fraction of sp³-hybridized carbons (Fsp3) is 0.333. The molecule has 0 aromatic carbocycles. The van der Waals surface area contributed by atoms with Crippen molar-refractivity contribution >= 4 is 11.7 Å². The molecule has 1 aliphatic heterocycles. The van der Waals surface area contributed by atoms with Gasteiger partial charge in [-0.05, 0) is 0 Å². The van der Waals surface area contributed by atoms with Crippen LogP contribution in [0.3, 0.4) is 0 Å². The molecular weight excluding hydrogens is 164 g/mol. The Bertz CT molecular complexity index is 292. The van der Waals surface area contributed by atoms with E-state index < -0.39 is 10.9 Å². The second-order valence-electron chi connectivity index (χ2n) is 2.09. The van der Waals surface area contributed by atoms with Gasteiger partial charge in [0.25, 0.3) is 5.70 Å². The molecule has 64 valence electrons. The number of nitro groups is 1. The van der Waals surface area contributed by atoms with Crippen LogP contribution in [0.5, 0.6) is 0 Å². The van der Waals surface area contributed by atoms with Crippen molar-refractivity contribution in [2.24, 2.45) is 4.99 Å². The third-order valence-electron chi connectivity index (χ3n) is 1.34. The van der Waals surface area contributed by atoms with Gasteiger partial charge in [0.15, 0.2) is 0 Å². The van der Waals surface area contributed by atoms with Gasteiger partial charge in [0.1, 0.15) is 12.3 Å². The maximum absolute atomic E-state index is 10.8. The molecule has 0 radical (unpaired) electrons. The Morgan fingerprint density at radius 2 is 2.50 bits per heavy atom. The predicted molar refractivity (Wildman–Crippen MR) is 39.4 cm³/mol. The maximum atomic E-state index is 10.8. The van der Waals surface area contributed by atoms with Crippen LogP contribution in [0, 0.1) is 10.1 Å². The minimum atomic E-state index is -0.646. The molecule has 0 bridgehead atoms. The van der Waals surface area contributed by atoms with Gasteiger partial charge in [0.05, 0.1) is 12.0 Å². The summed E-state index contributed by atoms with van der Waals surface area (Å²) in [6.45, 7) is -0.0581. The lowest BCUT2D eigenvalue weighted by Crippen LogP contribution is -2.11. The van der Waals surface area contributed by atoms with Crippen molar-refractivity contribution in [2.75, 3.05) is 13.7 Å². The van der Waals surface area contributed by atoms with Crippen LogP contribution in [0.25, 0.3) is 0 Å². The van der Waals surface area contributed by atoms with E-state index in [9.17, 15) is 14.9 Å². The summed E-state index contributed by atoms with van der Waals surface area (Å²) in [7, 11) is 1.20. The molecule has 0 saturated carbocycles. The van der Waals surface area contributed by atoms with Crippen molar-refractivity contribution in [3.63, 3.8) is 0 Å². The first-order valence-electron chi connectivity index (χ1n) is 3.13. The van der Waals surface area contributed by atoms with Crippen molar-refractivity contribution in [3.8, 4) is 0 Å². The maximum Gasteiger partial charge on any atom is 0.356 e. The van der Waals surface area contributed by atoms with Crippen molar-refractivity contribution in [1.29, 1.82) is 0 Å². The van der Waals surface area contributed by atoms with E-state index in [2.05, 4.69) is 9.73 Å². The lowest BCUT2D eigenvalue weighted by atomic mass is 10.3. The van der Waals surface area contributed by atoms with Crippen LogP contribution in [0.4, 0.5) is 0 Å².